The number of rotatable bonds is 9. The Morgan fingerprint density at radius 3 is 2.46 bits per heavy atom. The molecule has 2 aromatic rings. The normalized spacial score (nSPS) is 11.4. The lowest BCUT2D eigenvalue weighted by Gasteiger charge is -2.05. The third kappa shape index (κ3) is 6.30. The highest BCUT2D eigenvalue weighted by molar-refractivity contribution is 7.89. The van der Waals surface area contributed by atoms with Gasteiger partial charge in [-0.15, -0.1) is 0 Å². The second-order valence-electron chi connectivity index (χ2n) is 5.35. The summed E-state index contributed by atoms with van der Waals surface area (Å²) < 4.78 is 31.7. The van der Waals surface area contributed by atoms with Crippen molar-refractivity contribution < 1.29 is 17.9 Å². The van der Waals surface area contributed by atoms with E-state index in [1.54, 1.807) is 30.3 Å². The molecule has 2 aromatic carbocycles. The number of nitrogens with zero attached hydrogens (tertiary/aromatic N) is 1. The van der Waals surface area contributed by atoms with E-state index in [0.29, 0.717) is 6.61 Å². The molecule has 2 N–H and O–H groups in total. The minimum atomic E-state index is -3.72. The zero-order valence-electron chi connectivity index (χ0n) is 14.4. The second-order valence-corrected chi connectivity index (χ2v) is 7.12. The quantitative estimate of drug-likeness (QED) is 0.517. The van der Waals surface area contributed by atoms with Crippen molar-refractivity contribution in [1.29, 1.82) is 0 Å². The first-order chi connectivity index (χ1) is 12.5. The molecule has 0 heterocycles. The van der Waals surface area contributed by atoms with Crippen LogP contribution in [-0.2, 0) is 14.8 Å². The number of sulfonamides is 1. The van der Waals surface area contributed by atoms with Gasteiger partial charge in [0.2, 0.25) is 10.0 Å². The molecule has 0 saturated carbocycles. The summed E-state index contributed by atoms with van der Waals surface area (Å²) in [5.41, 5.74) is 3.05. The lowest BCUT2D eigenvalue weighted by molar-refractivity contribution is -0.119. The molecule has 7 nitrogen and oxygen atoms in total. The van der Waals surface area contributed by atoms with E-state index >= 15 is 0 Å². The molecule has 0 bridgehead atoms. The minimum absolute atomic E-state index is 0.0988. The fourth-order valence-electron chi connectivity index (χ4n) is 1.93. The molecular weight excluding hydrogens is 354 g/mol. The second kappa shape index (κ2) is 9.69. The van der Waals surface area contributed by atoms with Gasteiger partial charge in [0.15, 0.2) is 0 Å². The SMILES string of the molecule is CCCOc1ccc(/C=N\NC(=O)CNS(=O)(=O)c2ccccc2)cc1. The Morgan fingerprint density at radius 1 is 1.12 bits per heavy atom. The molecule has 0 fully saturated rings. The Morgan fingerprint density at radius 2 is 1.81 bits per heavy atom. The van der Waals surface area contributed by atoms with Crippen molar-refractivity contribution in [2.24, 2.45) is 5.10 Å². The molecule has 0 unspecified atom stereocenters. The third-order valence-corrected chi connectivity index (χ3v) is 4.65. The molecule has 0 saturated heterocycles. The van der Waals surface area contributed by atoms with E-state index in [9.17, 15) is 13.2 Å². The predicted octanol–water partition coefficient (Wildman–Crippen LogP) is 1.90. The average molecular weight is 375 g/mol. The van der Waals surface area contributed by atoms with E-state index < -0.39 is 22.5 Å². The van der Waals surface area contributed by atoms with Crippen LogP contribution in [0.5, 0.6) is 5.75 Å². The van der Waals surface area contributed by atoms with Crippen molar-refractivity contribution in [2.45, 2.75) is 18.2 Å². The number of benzene rings is 2. The summed E-state index contributed by atoms with van der Waals surface area (Å²) in [7, 11) is -3.72. The Balaban J connectivity index is 1.80. The van der Waals surface area contributed by atoms with E-state index in [1.807, 2.05) is 19.1 Å². The highest BCUT2D eigenvalue weighted by Gasteiger charge is 2.14. The zero-order valence-corrected chi connectivity index (χ0v) is 15.2. The van der Waals surface area contributed by atoms with Crippen LogP contribution in [0, 0.1) is 0 Å². The molecule has 1 amide bonds. The summed E-state index contributed by atoms with van der Waals surface area (Å²) >= 11 is 0. The van der Waals surface area contributed by atoms with Crippen molar-refractivity contribution in [2.75, 3.05) is 13.2 Å². The number of hydrogen-bond donors (Lipinski definition) is 2. The molecule has 26 heavy (non-hydrogen) atoms. The van der Waals surface area contributed by atoms with Crippen LogP contribution in [0.3, 0.4) is 0 Å². The topological polar surface area (TPSA) is 96.9 Å². The third-order valence-electron chi connectivity index (χ3n) is 3.23. The minimum Gasteiger partial charge on any atom is -0.494 e. The van der Waals surface area contributed by atoms with Crippen LogP contribution in [0.25, 0.3) is 0 Å². The van der Waals surface area contributed by atoms with Gasteiger partial charge in [-0.3, -0.25) is 4.79 Å². The molecule has 2 rings (SSSR count). The van der Waals surface area contributed by atoms with E-state index in [2.05, 4.69) is 15.2 Å². The van der Waals surface area contributed by atoms with E-state index in [-0.39, 0.29) is 4.90 Å². The van der Waals surface area contributed by atoms with Crippen molar-refractivity contribution in [1.82, 2.24) is 10.1 Å². The Bertz CT molecular complexity index is 834. The van der Waals surface area contributed by atoms with Crippen molar-refractivity contribution in [3.05, 3.63) is 60.2 Å². The molecule has 0 aliphatic rings. The number of hydrogen-bond acceptors (Lipinski definition) is 5. The van der Waals surface area contributed by atoms with Crippen molar-refractivity contribution >= 4 is 22.1 Å². The van der Waals surface area contributed by atoms with Crippen LogP contribution < -0.4 is 14.9 Å². The van der Waals surface area contributed by atoms with Crippen LogP contribution in [0.1, 0.15) is 18.9 Å². The number of hydrazone groups is 1. The maximum absolute atomic E-state index is 12.0. The first-order valence-electron chi connectivity index (χ1n) is 8.11. The lowest BCUT2D eigenvalue weighted by Crippen LogP contribution is -2.34. The van der Waals surface area contributed by atoms with Gasteiger partial charge in [0.25, 0.3) is 5.91 Å². The zero-order chi connectivity index (χ0) is 18.8. The Labute approximate surface area is 153 Å². The van der Waals surface area contributed by atoms with Crippen molar-refractivity contribution in [3.8, 4) is 5.75 Å². The summed E-state index contributed by atoms with van der Waals surface area (Å²) in [5, 5.41) is 3.81. The molecule has 0 radical (unpaired) electrons. The Kier molecular flexibility index (Phi) is 7.31. The molecule has 138 valence electrons. The van der Waals surface area contributed by atoms with Gasteiger partial charge >= 0.3 is 0 Å². The average Bonchev–Trinajstić information content (AvgIpc) is 2.66. The first-order valence-corrected chi connectivity index (χ1v) is 9.59. The maximum atomic E-state index is 12.0. The van der Waals surface area contributed by atoms with Crippen LogP contribution in [0.15, 0.2) is 64.6 Å². The molecular formula is C18H21N3O4S. The summed E-state index contributed by atoms with van der Waals surface area (Å²) in [6.07, 6.45) is 2.40. The van der Waals surface area contributed by atoms with Crippen LogP contribution in [-0.4, -0.2) is 33.7 Å². The lowest BCUT2D eigenvalue weighted by atomic mass is 10.2. The van der Waals surface area contributed by atoms with E-state index in [0.717, 1.165) is 17.7 Å². The molecule has 0 aliphatic heterocycles. The summed E-state index contributed by atoms with van der Waals surface area (Å²) in [6, 6.07) is 15.1. The fraction of sp³-hybridized carbons (Fsp3) is 0.222. The highest BCUT2D eigenvalue weighted by Crippen LogP contribution is 2.11. The van der Waals surface area contributed by atoms with Gasteiger partial charge in [0.1, 0.15) is 5.75 Å². The van der Waals surface area contributed by atoms with Crippen LogP contribution >= 0.6 is 0 Å². The first kappa shape index (κ1) is 19.6. The molecule has 8 heteroatoms. The fourth-order valence-corrected chi connectivity index (χ4v) is 2.94. The number of nitrogens with one attached hydrogen (secondary N) is 2. The van der Waals surface area contributed by atoms with E-state index in [1.165, 1.54) is 18.3 Å². The highest BCUT2D eigenvalue weighted by atomic mass is 32.2. The number of ether oxygens (including phenoxy) is 1. The van der Waals surface area contributed by atoms with Gasteiger partial charge in [-0.2, -0.15) is 5.10 Å². The Hall–Kier alpha value is -2.71. The van der Waals surface area contributed by atoms with Gasteiger partial charge in [0.05, 0.1) is 24.3 Å². The molecule has 0 aliphatic carbocycles. The largest absolute Gasteiger partial charge is 0.494 e. The monoisotopic (exact) mass is 375 g/mol. The number of carbonyl (C=O) groups is 1. The van der Waals surface area contributed by atoms with Crippen LogP contribution in [0.4, 0.5) is 0 Å². The van der Waals surface area contributed by atoms with Gasteiger partial charge in [0, 0.05) is 0 Å². The van der Waals surface area contributed by atoms with Crippen molar-refractivity contribution in [3.63, 3.8) is 0 Å². The molecule has 0 atom stereocenters. The predicted molar refractivity (Wildman–Crippen MR) is 99.6 cm³/mol. The summed E-state index contributed by atoms with van der Waals surface area (Å²) in [6.45, 7) is 2.28. The number of amides is 1. The van der Waals surface area contributed by atoms with Crippen LogP contribution in [0.2, 0.25) is 0 Å². The smallest absolute Gasteiger partial charge is 0.255 e. The summed E-state index contributed by atoms with van der Waals surface area (Å²) in [5.74, 6) is 0.201. The van der Waals surface area contributed by atoms with Gasteiger partial charge in [-0.25, -0.2) is 18.6 Å². The molecule has 0 spiro atoms. The van der Waals surface area contributed by atoms with Gasteiger partial charge < -0.3 is 4.74 Å². The maximum Gasteiger partial charge on any atom is 0.255 e. The summed E-state index contributed by atoms with van der Waals surface area (Å²) in [4.78, 5) is 11.8. The van der Waals surface area contributed by atoms with Gasteiger partial charge in [-0.1, -0.05) is 25.1 Å². The molecule has 0 aromatic heterocycles. The number of carbonyl (C=O) groups excluding carboxylic acids is 1. The van der Waals surface area contributed by atoms with E-state index in [4.69, 9.17) is 4.74 Å². The van der Waals surface area contributed by atoms with Gasteiger partial charge in [-0.05, 0) is 48.4 Å². The standard InChI is InChI=1S/C18H21N3O4S/c1-2-12-25-16-10-8-15(9-11-16)13-19-21-18(22)14-20-26(23,24)17-6-4-3-5-7-17/h3-11,13,20H,2,12,14H2,1H3,(H,21,22)/b19-13-.